The lowest BCUT2D eigenvalue weighted by Gasteiger charge is -2.02. The molecular formula is C13H7BrFNO2. The van der Waals surface area contributed by atoms with Crippen molar-refractivity contribution < 1.29 is 13.5 Å². The van der Waals surface area contributed by atoms with Gasteiger partial charge in [0.2, 0.25) is 0 Å². The third-order valence-corrected chi connectivity index (χ3v) is 2.86. The lowest BCUT2D eigenvalue weighted by Crippen LogP contribution is -1.88. The van der Waals surface area contributed by atoms with Crippen LogP contribution in [0.4, 0.5) is 4.39 Å². The molecule has 0 bridgehead atoms. The van der Waals surface area contributed by atoms with Gasteiger partial charge in [0.1, 0.15) is 5.52 Å². The van der Waals surface area contributed by atoms with Crippen molar-refractivity contribution in [2.75, 3.05) is 0 Å². The lowest BCUT2D eigenvalue weighted by molar-refractivity contribution is 0.328. The molecule has 0 saturated heterocycles. The summed E-state index contributed by atoms with van der Waals surface area (Å²) in [4.78, 5) is 4.11. The van der Waals surface area contributed by atoms with Gasteiger partial charge in [-0.15, -0.1) is 0 Å². The van der Waals surface area contributed by atoms with Crippen molar-refractivity contribution in [1.82, 2.24) is 4.98 Å². The van der Waals surface area contributed by atoms with Crippen LogP contribution in [-0.4, -0.2) is 4.98 Å². The highest BCUT2D eigenvalue weighted by Crippen LogP contribution is 2.29. The predicted octanol–water partition coefficient (Wildman–Crippen LogP) is 4.52. The first-order valence-electron chi connectivity index (χ1n) is 5.21. The molecule has 1 aromatic heterocycles. The molecule has 0 amide bonds. The average molecular weight is 308 g/mol. The Morgan fingerprint density at radius 3 is 2.83 bits per heavy atom. The number of hydrogen-bond donors (Lipinski definition) is 0. The summed E-state index contributed by atoms with van der Waals surface area (Å²) in [5.41, 5.74) is 1.27. The van der Waals surface area contributed by atoms with Gasteiger partial charge < -0.3 is 9.15 Å². The van der Waals surface area contributed by atoms with E-state index in [1.165, 1.54) is 12.1 Å². The van der Waals surface area contributed by atoms with Gasteiger partial charge in [0.25, 0.3) is 0 Å². The third-order valence-electron chi connectivity index (χ3n) is 2.36. The molecule has 0 spiro atoms. The van der Waals surface area contributed by atoms with Crippen LogP contribution in [0.5, 0.6) is 11.8 Å². The smallest absolute Gasteiger partial charge is 0.400 e. The van der Waals surface area contributed by atoms with Crippen molar-refractivity contribution in [3.8, 4) is 11.8 Å². The molecule has 3 rings (SSSR count). The third kappa shape index (κ3) is 2.09. The highest BCUT2D eigenvalue weighted by Gasteiger charge is 2.10. The molecule has 0 aliphatic heterocycles. The molecular weight excluding hydrogens is 301 g/mol. The number of benzene rings is 2. The molecule has 0 aliphatic carbocycles. The summed E-state index contributed by atoms with van der Waals surface area (Å²) in [6.07, 6.45) is 0.0215. The quantitative estimate of drug-likeness (QED) is 0.698. The number of rotatable bonds is 2. The number of ether oxygens (including phenoxy) is 1. The van der Waals surface area contributed by atoms with Gasteiger partial charge in [-0.3, -0.25) is 0 Å². The van der Waals surface area contributed by atoms with E-state index in [1.54, 1.807) is 18.2 Å². The van der Waals surface area contributed by atoms with Gasteiger partial charge in [-0.25, -0.2) is 4.39 Å². The van der Waals surface area contributed by atoms with Gasteiger partial charge in [0, 0.05) is 4.47 Å². The van der Waals surface area contributed by atoms with Crippen molar-refractivity contribution in [1.29, 1.82) is 0 Å². The van der Waals surface area contributed by atoms with E-state index in [0.29, 0.717) is 11.1 Å². The van der Waals surface area contributed by atoms with Crippen LogP contribution in [0.15, 0.2) is 51.4 Å². The highest BCUT2D eigenvalue weighted by atomic mass is 79.9. The van der Waals surface area contributed by atoms with E-state index in [-0.39, 0.29) is 11.8 Å². The average Bonchev–Trinajstić information content (AvgIpc) is 2.76. The Balaban J connectivity index is 1.98. The topological polar surface area (TPSA) is 35.3 Å². The van der Waals surface area contributed by atoms with E-state index in [0.717, 1.165) is 4.47 Å². The second kappa shape index (κ2) is 4.42. The van der Waals surface area contributed by atoms with Crippen LogP contribution in [0.25, 0.3) is 11.1 Å². The second-order valence-electron chi connectivity index (χ2n) is 3.62. The van der Waals surface area contributed by atoms with E-state index in [2.05, 4.69) is 20.9 Å². The molecule has 0 N–H and O–H groups in total. The number of aromatic nitrogens is 1. The van der Waals surface area contributed by atoms with Gasteiger partial charge in [-0.2, -0.15) is 4.98 Å². The van der Waals surface area contributed by atoms with Crippen LogP contribution in [0.3, 0.4) is 0 Å². The van der Waals surface area contributed by atoms with Crippen molar-refractivity contribution in [2.24, 2.45) is 0 Å². The Labute approximate surface area is 110 Å². The van der Waals surface area contributed by atoms with E-state index in [9.17, 15) is 4.39 Å². The van der Waals surface area contributed by atoms with Crippen LogP contribution in [0.1, 0.15) is 0 Å². The fraction of sp³-hybridized carbons (Fsp3) is 0. The predicted molar refractivity (Wildman–Crippen MR) is 68.2 cm³/mol. The van der Waals surface area contributed by atoms with Crippen LogP contribution in [0, 0.1) is 5.82 Å². The maximum absolute atomic E-state index is 13.5. The van der Waals surface area contributed by atoms with Crippen molar-refractivity contribution in [2.45, 2.75) is 0 Å². The molecule has 3 nitrogen and oxygen atoms in total. The maximum atomic E-state index is 13.5. The lowest BCUT2D eigenvalue weighted by atomic mass is 10.3. The zero-order valence-corrected chi connectivity index (χ0v) is 10.6. The number of nitrogens with zero attached hydrogens (tertiary/aromatic N) is 1. The molecule has 90 valence electrons. The number of oxazole rings is 1. The Morgan fingerprint density at radius 2 is 2.00 bits per heavy atom. The standard InChI is InChI=1S/C13H7BrFNO2/c14-8-5-6-9(15)12(7-8)18-13-16-10-3-1-2-4-11(10)17-13/h1-7H. The van der Waals surface area contributed by atoms with Crippen LogP contribution in [0.2, 0.25) is 0 Å². The molecule has 0 atom stereocenters. The Hall–Kier alpha value is -1.88. The second-order valence-corrected chi connectivity index (χ2v) is 4.54. The fourth-order valence-corrected chi connectivity index (χ4v) is 1.88. The summed E-state index contributed by atoms with van der Waals surface area (Å²) in [6, 6.07) is 11.7. The maximum Gasteiger partial charge on any atom is 0.400 e. The molecule has 18 heavy (non-hydrogen) atoms. The van der Waals surface area contributed by atoms with E-state index in [4.69, 9.17) is 9.15 Å². The van der Waals surface area contributed by atoms with Crippen LogP contribution >= 0.6 is 15.9 Å². The fourth-order valence-electron chi connectivity index (χ4n) is 1.54. The van der Waals surface area contributed by atoms with E-state index in [1.807, 2.05) is 12.1 Å². The zero-order valence-electron chi connectivity index (χ0n) is 9.06. The summed E-state index contributed by atoms with van der Waals surface area (Å²) in [5, 5.41) is 0. The Morgan fingerprint density at radius 1 is 1.17 bits per heavy atom. The van der Waals surface area contributed by atoms with E-state index >= 15 is 0 Å². The molecule has 2 aromatic carbocycles. The van der Waals surface area contributed by atoms with Crippen LogP contribution in [-0.2, 0) is 0 Å². The van der Waals surface area contributed by atoms with Gasteiger partial charge in [0.15, 0.2) is 17.1 Å². The summed E-state index contributed by atoms with van der Waals surface area (Å²) in [5.74, 6) is -0.406. The molecule has 3 aromatic rings. The van der Waals surface area contributed by atoms with E-state index < -0.39 is 5.82 Å². The molecule has 0 aliphatic rings. The summed E-state index contributed by atoms with van der Waals surface area (Å²) in [7, 11) is 0. The normalized spacial score (nSPS) is 10.8. The minimum absolute atomic E-state index is 0.0215. The Kier molecular flexibility index (Phi) is 2.76. The molecule has 0 saturated carbocycles. The molecule has 0 unspecified atom stereocenters. The summed E-state index contributed by atoms with van der Waals surface area (Å²) >= 11 is 3.25. The number of fused-ring (bicyclic) bond motifs is 1. The van der Waals surface area contributed by atoms with Crippen molar-refractivity contribution in [3.63, 3.8) is 0 Å². The van der Waals surface area contributed by atoms with Gasteiger partial charge in [-0.05, 0) is 30.3 Å². The van der Waals surface area contributed by atoms with Crippen molar-refractivity contribution >= 4 is 27.0 Å². The monoisotopic (exact) mass is 307 g/mol. The van der Waals surface area contributed by atoms with Crippen molar-refractivity contribution in [3.05, 3.63) is 52.8 Å². The molecule has 0 fully saturated rings. The first-order valence-corrected chi connectivity index (χ1v) is 6.00. The summed E-state index contributed by atoms with van der Waals surface area (Å²) < 4.78 is 24.9. The minimum atomic E-state index is -0.472. The van der Waals surface area contributed by atoms with Gasteiger partial charge >= 0.3 is 6.08 Å². The molecule has 0 radical (unpaired) electrons. The highest BCUT2D eigenvalue weighted by molar-refractivity contribution is 9.10. The zero-order chi connectivity index (χ0) is 12.5. The molecule has 5 heteroatoms. The number of halogens is 2. The van der Waals surface area contributed by atoms with Gasteiger partial charge in [-0.1, -0.05) is 28.1 Å². The number of hydrogen-bond acceptors (Lipinski definition) is 3. The first kappa shape index (κ1) is 11.2. The van der Waals surface area contributed by atoms with Crippen LogP contribution < -0.4 is 4.74 Å². The SMILES string of the molecule is Fc1ccc(Br)cc1Oc1nc2ccccc2o1. The largest absolute Gasteiger partial charge is 0.409 e. The first-order chi connectivity index (χ1) is 8.72. The van der Waals surface area contributed by atoms with Gasteiger partial charge in [0.05, 0.1) is 0 Å². The molecule has 1 heterocycles. The minimum Gasteiger partial charge on any atom is -0.409 e. The Bertz CT molecular complexity index is 678. The summed E-state index contributed by atoms with van der Waals surface area (Å²) in [6.45, 7) is 0. The number of para-hydroxylation sites is 2.